The molecule has 0 amide bonds. The molecule has 1 aromatic rings. The van der Waals surface area contributed by atoms with E-state index in [1.54, 1.807) is 7.11 Å². The number of likely N-dealkylation sites (N-methyl/N-ethyl adjacent to an activating group) is 1. The van der Waals surface area contributed by atoms with E-state index in [4.69, 9.17) is 4.74 Å². The van der Waals surface area contributed by atoms with Crippen LogP contribution in [0.1, 0.15) is 12.5 Å². The van der Waals surface area contributed by atoms with Crippen LogP contribution < -0.4 is 10.2 Å². The molecule has 0 aromatic heterocycles. The minimum atomic E-state index is 0.754. The molecule has 0 atom stereocenters. The SMILES string of the molecule is CCN(CCOC)c1ccc(CNC)c(Br)c1. The molecule has 0 unspecified atom stereocenters. The number of halogens is 1. The summed E-state index contributed by atoms with van der Waals surface area (Å²) in [7, 11) is 3.69. The van der Waals surface area contributed by atoms with E-state index in [1.165, 1.54) is 11.3 Å². The van der Waals surface area contributed by atoms with Crippen molar-refractivity contribution in [3.05, 3.63) is 28.2 Å². The molecule has 0 aliphatic carbocycles. The second-order valence-corrected chi connectivity index (χ2v) is 4.73. The number of ether oxygens (including phenoxy) is 1. The Hall–Kier alpha value is -0.580. The molecule has 17 heavy (non-hydrogen) atoms. The highest BCUT2D eigenvalue weighted by molar-refractivity contribution is 9.10. The number of nitrogens with zero attached hydrogens (tertiary/aromatic N) is 1. The van der Waals surface area contributed by atoms with Gasteiger partial charge >= 0.3 is 0 Å². The van der Waals surface area contributed by atoms with E-state index in [9.17, 15) is 0 Å². The quantitative estimate of drug-likeness (QED) is 0.838. The number of benzene rings is 1. The number of hydrogen-bond acceptors (Lipinski definition) is 3. The third kappa shape index (κ3) is 4.30. The third-order valence-corrected chi connectivity index (χ3v) is 3.45. The van der Waals surface area contributed by atoms with Crippen molar-refractivity contribution >= 4 is 21.6 Å². The Morgan fingerprint density at radius 2 is 2.18 bits per heavy atom. The molecule has 1 N–H and O–H groups in total. The molecule has 1 rings (SSSR count). The molecule has 0 fully saturated rings. The highest BCUT2D eigenvalue weighted by Gasteiger charge is 2.06. The van der Waals surface area contributed by atoms with E-state index >= 15 is 0 Å². The summed E-state index contributed by atoms with van der Waals surface area (Å²) in [4.78, 5) is 2.30. The van der Waals surface area contributed by atoms with Gasteiger partial charge in [0, 0.05) is 36.9 Å². The maximum Gasteiger partial charge on any atom is 0.0637 e. The Bertz CT molecular complexity index is 344. The summed E-state index contributed by atoms with van der Waals surface area (Å²) in [5.74, 6) is 0. The van der Waals surface area contributed by atoms with Gasteiger partial charge in [-0.3, -0.25) is 0 Å². The third-order valence-electron chi connectivity index (χ3n) is 2.72. The van der Waals surface area contributed by atoms with E-state index < -0.39 is 0 Å². The Morgan fingerprint density at radius 1 is 1.41 bits per heavy atom. The second kappa shape index (κ2) is 7.69. The Kier molecular flexibility index (Phi) is 6.55. The van der Waals surface area contributed by atoms with Crippen LogP contribution in [0.4, 0.5) is 5.69 Å². The van der Waals surface area contributed by atoms with Crippen molar-refractivity contribution in [3.63, 3.8) is 0 Å². The van der Waals surface area contributed by atoms with Crippen LogP contribution in [-0.2, 0) is 11.3 Å². The van der Waals surface area contributed by atoms with Crippen LogP contribution in [0.2, 0.25) is 0 Å². The van der Waals surface area contributed by atoms with Crippen molar-refractivity contribution in [2.45, 2.75) is 13.5 Å². The van der Waals surface area contributed by atoms with Gasteiger partial charge in [-0.1, -0.05) is 22.0 Å². The first kappa shape index (κ1) is 14.5. The van der Waals surface area contributed by atoms with Gasteiger partial charge in [0.25, 0.3) is 0 Å². The summed E-state index contributed by atoms with van der Waals surface area (Å²) in [5.41, 5.74) is 2.51. The summed E-state index contributed by atoms with van der Waals surface area (Å²) in [6.07, 6.45) is 0. The molecule has 4 heteroatoms. The van der Waals surface area contributed by atoms with E-state index in [2.05, 4.69) is 51.3 Å². The summed E-state index contributed by atoms with van der Waals surface area (Å²) < 4.78 is 6.28. The molecule has 0 spiro atoms. The minimum Gasteiger partial charge on any atom is -0.383 e. The number of anilines is 1. The molecule has 0 aliphatic heterocycles. The maximum atomic E-state index is 5.12. The molecular formula is C13H21BrN2O. The van der Waals surface area contributed by atoms with E-state index in [0.717, 1.165) is 30.7 Å². The zero-order chi connectivity index (χ0) is 12.7. The van der Waals surface area contributed by atoms with Gasteiger partial charge in [0.05, 0.1) is 6.61 Å². The van der Waals surface area contributed by atoms with Crippen molar-refractivity contribution in [3.8, 4) is 0 Å². The standard InChI is InChI=1S/C13H21BrN2O/c1-4-16(7-8-17-3)12-6-5-11(10-15-2)13(14)9-12/h5-6,9,15H,4,7-8,10H2,1-3H3. The van der Waals surface area contributed by atoms with Crippen LogP contribution in [0.15, 0.2) is 22.7 Å². The summed E-state index contributed by atoms with van der Waals surface area (Å²) >= 11 is 3.62. The fourth-order valence-electron chi connectivity index (χ4n) is 1.74. The Morgan fingerprint density at radius 3 is 2.71 bits per heavy atom. The van der Waals surface area contributed by atoms with Crippen molar-refractivity contribution in [2.75, 3.05) is 38.8 Å². The average Bonchev–Trinajstić information content (AvgIpc) is 2.33. The lowest BCUT2D eigenvalue weighted by Gasteiger charge is -2.23. The smallest absolute Gasteiger partial charge is 0.0637 e. The van der Waals surface area contributed by atoms with Crippen LogP contribution in [-0.4, -0.2) is 33.9 Å². The van der Waals surface area contributed by atoms with Crippen molar-refractivity contribution in [1.29, 1.82) is 0 Å². The van der Waals surface area contributed by atoms with Crippen LogP contribution >= 0.6 is 15.9 Å². The van der Waals surface area contributed by atoms with E-state index in [0.29, 0.717) is 0 Å². The van der Waals surface area contributed by atoms with Crippen molar-refractivity contribution < 1.29 is 4.74 Å². The summed E-state index contributed by atoms with van der Waals surface area (Å²) in [5, 5.41) is 3.16. The largest absolute Gasteiger partial charge is 0.383 e. The molecule has 1 aromatic carbocycles. The fourth-order valence-corrected chi connectivity index (χ4v) is 2.24. The zero-order valence-corrected chi connectivity index (χ0v) is 12.4. The lowest BCUT2D eigenvalue weighted by molar-refractivity contribution is 0.205. The van der Waals surface area contributed by atoms with Gasteiger partial charge < -0.3 is 15.0 Å². The van der Waals surface area contributed by atoms with E-state index in [1.807, 2.05) is 7.05 Å². The summed E-state index contributed by atoms with van der Waals surface area (Å²) in [6.45, 7) is 5.70. The van der Waals surface area contributed by atoms with Crippen LogP contribution in [0, 0.1) is 0 Å². The van der Waals surface area contributed by atoms with Gasteiger partial charge in [0.1, 0.15) is 0 Å². The average molecular weight is 301 g/mol. The highest BCUT2D eigenvalue weighted by Crippen LogP contribution is 2.24. The molecule has 0 heterocycles. The predicted molar refractivity (Wildman–Crippen MR) is 76.7 cm³/mol. The molecule has 0 bridgehead atoms. The monoisotopic (exact) mass is 300 g/mol. The summed E-state index contributed by atoms with van der Waals surface area (Å²) in [6, 6.07) is 6.49. The van der Waals surface area contributed by atoms with Crippen molar-refractivity contribution in [2.24, 2.45) is 0 Å². The first-order valence-corrected chi connectivity index (χ1v) is 6.69. The lowest BCUT2D eigenvalue weighted by Crippen LogP contribution is -2.26. The van der Waals surface area contributed by atoms with E-state index in [-0.39, 0.29) is 0 Å². The van der Waals surface area contributed by atoms with Gasteiger partial charge in [-0.2, -0.15) is 0 Å². The zero-order valence-electron chi connectivity index (χ0n) is 10.8. The van der Waals surface area contributed by atoms with Crippen molar-refractivity contribution in [1.82, 2.24) is 5.32 Å². The molecule has 3 nitrogen and oxygen atoms in total. The Balaban J connectivity index is 2.79. The molecule has 0 saturated heterocycles. The van der Waals surface area contributed by atoms with Gasteiger partial charge in [-0.05, 0) is 31.7 Å². The van der Waals surface area contributed by atoms with Gasteiger partial charge in [-0.15, -0.1) is 0 Å². The first-order valence-electron chi connectivity index (χ1n) is 5.89. The second-order valence-electron chi connectivity index (χ2n) is 3.88. The first-order chi connectivity index (χ1) is 8.22. The normalized spacial score (nSPS) is 10.6. The topological polar surface area (TPSA) is 24.5 Å². The van der Waals surface area contributed by atoms with Gasteiger partial charge in [0.15, 0.2) is 0 Å². The molecule has 0 saturated carbocycles. The highest BCUT2D eigenvalue weighted by atomic mass is 79.9. The number of rotatable bonds is 7. The molecule has 0 aliphatic rings. The maximum absolute atomic E-state index is 5.12. The van der Waals surface area contributed by atoms with Crippen LogP contribution in [0.25, 0.3) is 0 Å². The van der Waals surface area contributed by atoms with Crippen LogP contribution in [0.5, 0.6) is 0 Å². The lowest BCUT2D eigenvalue weighted by atomic mass is 10.2. The Labute approximate surface area is 112 Å². The fraction of sp³-hybridized carbons (Fsp3) is 0.538. The molecular weight excluding hydrogens is 280 g/mol. The number of nitrogens with one attached hydrogen (secondary N) is 1. The van der Waals surface area contributed by atoms with Gasteiger partial charge in [0.2, 0.25) is 0 Å². The minimum absolute atomic E-state index is 0.754. The predicted octanol–water partition coefficient (Wildman–Crippen LogP) is 2.64. The van der Waals surface area contributed by atoms with Crippen LogP contribution in [0.3, 0.4) is 0 Å². The number of methoxy groups -OCH3 is 1. The molecule has 96 valence electrons. The number of hydrogen-bond donors (Lipinski definition) is 1. The van der Waals surface area contributed by atoms with Gasteiger partial charge in [-0.25, -0.2) is 0 Å². The molecule has 0 radical (unpaired) electrons.